The Morgan fingerprint density at radius 3 is 2.08 bits per heavy atom. The van der Waals surface area contributed by atoms with Gasteiger partial charge in [-0.3, -0.25) is 5.10 Å². The maximum Gasteiger partial charge on any atom is 0.356 e. The van der Waals surface area contributed by atoms with Crippen molar-refractivity contribution in [1.29, 1.82) is 0 Å². The average Bonchev–Trinajstić information content (AvgIpc) is 3.31. The number of carboxylic acid groups (broad SMARTS) is 1. The first-order chi connectivity index (χ1) is 12.6. The summed E-state index contributed by atoms with van der Waals surface area (Å²) in [5.74, 6) is -1.09. The molecule has 0 radical (unpaired) electrons. The van der Waals surface area contributed by atoms with Gasteiger partial charge in [-0.2, -0.15) is 0 Å². The Kier molecular flexibility index (Phi) is 3.77. The third-order valence-corrected chi connectivity index (χ3v) is 4.15. The van der Waals surface area contributed by atoms with Crippen LogP contribution in [0, 0.1) is 0 Å². The summed E-state index contributed by atoms with van der Waals surface area (Å²) < 4.78 is 1.72. The van der Waals surface area contributed by atoms with Crippen molar-refractivity contribution in [3.8, 4) is 33.6 Å². The summed E-state index contributed by atoms with van der Waals surface area (Å²) in [4.78, 5) is 11.2. The second-order valence-electron chi connectivity index (χ2n) is 5.74. The minimum Gasteiger partial charge on any atom is -0.476 e. The van der Waals surface area contributed by atoms with E-state index in [-0.39, 0.29) is 5.69 Å². The molecule has 0 saturated carbocycles. The van der Waals surface area contributed by atoms with Crippen LogP contribution in [0.25, 0.3) is 33.6 Å². The number of aryl methyl sites for hydroxylation is 1. The highest BCUT2D eigenvalue weighted by Crippen LogP contribution is 2.27. The molecule has 8 nitrogen and oxygen atoms in total. The molecule has 0 spiro atoms. The van der Waals surface area contributed by atoms with E-state index in [4.69, 9.17) is 5.11 Å². The minimum absolute atomic E-state index is 0.0214. The monoisotopic (exact) mass is 346 g/mol. The highest BCUT2D eigenvalue weighted by molar-refractivity contribution is 5.92. The van der Waals surface area contributed by atoms with Gasteiger partial charge in [0, 0.05) is 18.2 Å². The summed E-state index contributed by atoms with van der Waals surface area (Å²) in [7, 11) is 1.85. The normalized spacial score (nSPS) is 10.8. The zero-order valence-electron chi connectivity index (χ0n) is 13.8. The fourth-order valence-electron chi connectivity index (χ4n) is 2.78. The Bertz CT molecular complexity index is 1060. The molecule has 26 heavy (non-hydrogen) atoms. The van der Waals surface area contributed by atoms with Gasteiger partial charge >= 0.3 is 5.97 Å². The average molecular weight is 346 g/mol. The summed E-state index contributed by atoms with van der Waals surface area (Å²) in [6.45, 7) is 0. The van der Waals surface area contributed by atoms with Gasteiger partial charge in [0.1, 0.15) is 5.69 Å². The molecule has 0 atom stereocenters. The lowest BCUT2D eigenvalue weighted by atomic mass is 10.0. The van der Waals surface area contributed by atoms with Crippen LogP contribution in [0.3, 0.4) is 0 Å². The van der Waals surface area contributed by atoms with Gasteiger partial charge in [-0.05, 0) is 11.1 Å². The first kappa shape index (κ1) is 15.7. The van der Waals surface area contributed by atoms with Crippen LogP contribution in [0.4, 0.5) is 0 Å². The van der Waals surface area contributed by atoms with Crippen LogP contribution in [0.15, 0.2) is 54.7 Å². The van der Waals surface area contributed by atoms with Crippen LogP contribution in [0.1, 0.15) is 10.5 Å². The molecular weight excluding hydrogens is 332 g/mol. The molecule has 8 heteroatoms. The van der Waals surface area contributed by atoms with E-state index in [9.17, 15) is 4.79 Å². The molecule has 2 heterocycles. The number of aromatic carboxylic acids is 1. The molecule has 0 aliphatic heterocycles. The number of carbonyl (C=O) groups is 1. The number of carboxylic acids is 1. The molecule has 2 aromatic carbocycles. The van der Waals surface area contributed by atoms with Crippen molar-refractivity contribution in [3.63, 3.8) is 0 Å². The van der Waals surface area contributed by atoms with Gasteiger partial charge in [0.25, 0.3) is 0 Å². The lowest BCUT2D eigenvalue weighted by Crippen LogP contribution is -1.99. The Morgan fingerprint density at radius 1 is 0.962 bits per heavy atom. The third-order valence-electron chi connectivity index (χ3n) is 4.15. The van der Waals surface area contributed by atoms with Gasteiger partial charge in [0.05, 0.1) is 11.9 Å². The van der Waals surface area contributed by atoms with Crippen molar-refractivity contribution in [2.24, 2.45) is 7.05 Å². The van der Waals surface area contributed by atoms with Crippen LogP contribution in [-0.4, -0.2) is 41.5 Å². The predicted octanol–water partition coefficient (Wildman–Crippen LogP) is 2.63. The smallest absolute Gasteiger partial charge is 0.356 e. The van der Waals surface area contributed by atoms with Crippen molar-refractivity contribution >= 4 is 5.97 Å². The van der Waals surface area contributed by atoms with Crippen LogP contribution in [-0.2, 0) is 7.05 Å². The van der Waals surface area contributed by atoms with Gasteiger partial charge in [-0.15, -0.1) is 10.2 Å². The van der Waals surface area contributed by atoms with Gasteiger partial charge < -0.3 is 5.11 Å². The molecule has 0 aliphatic rings. The van der Waals surface area contributed by atoms with Gasteiger partial charge in [0.2, 0.25) is 0 Å². The number of benzene rings is 2. The second kappa shape index (κ2) is 6.25. The fourth-order valence-corrected chi connectivity index (χ4v) is 2.78. The molecule has 128 valence electrons. The second-order valence-corrected chi connectivity index (χ2v) is 5.74. The van der Waals surface area contributed by atoms with Gasteiger partial charge in [-0.25, -0.2) is 9.48 Å². The van der Waals surface area contributed by atoms with E-state index in [1.165, 1.54) is 0 Å². The summed E-state index contributed by atoms with van der Waals surface area (Å²) >= 11 is 0. The van der Waals surface area contributed by atoms with E-state index in [0.717, 1.165) is 22.4 Å². The number of rotatable bonds is 4. The van der Waals surface area contributed by atoms with E-state index in [0.29, 0.717) is 11.3 Å². The zero-order chi connectivity index (χ0) is 18.1. The number of H-pyrrole nitrogens is 1. The van der Waals surface area contributed by atoms with E-state index < -0.39 is 5.97 Å². The van der Waals surface area contributed by atoms with E-state index in [2.05, 4.69) is 25.7 Å². The number of nitrogens with one attached hydrogen (secondary N) is 1. The van der Waals surface area contributed by atoms with E-state index >= 15 is 0 Å². The lowest BCUT2D eigenvalue weighted by molar-refractivity contribution is 0.0691. The summed E-state index contributed by atoms with van der Waals surface area (Å²) in [6, 6.07) is 15.6. The third kappa shape index (κ3) is 2.73. The minimum atomic E-state index is -1.09. The maximum absolute atomic E-state index is 11.2. The fraction of sp³-hybridized carbons (Fsp3) is 0.0556. The molecule has 0 aliphatic carbocycles. The van der Waals surface area contributed by atoms with Crippen molar-refractivity contribution in [2.75, 3.05) is 0 Å². The molecule has 4 aromatic rings. The highest BCUT2D eigenvalue weighted by atomic mass is 16.4. The lowest BCUT2D eigenvalue weighted by Gasteiger charge is -2.06. The van der Waals surface area contributed by atoms with E-state index in [1.54, 1.807) is 10.9 Å². The largest absolute Gasteiger partial charge is 0.476 e. The van der Waals surface area contributed by atoms with Crippen LogP contribution in [0.2, 0.25) is 0 Å². The van der Waals surface area contributed by atoms with Crippen LogP contribution < -0.4 is 0 Å². The molecular formula is C18H14N6O2. The van der Waals surface area contributed by atoms with Gasteiger partial charge in [-0.1, -0.05) is 59.0 Å². The standard InChI is InChI=1S/C18H14N6O2/c1-24-15(10-19-23-24)13-6-2-11(3-7-13)12-4-8-14(9-5-12)16-17(18(25)26)21-22-20-16/h2-10H,1H3,(H,25,26)(H,20,21,22). The molecule has 0 amide bonds. The molecule has 0 fully saturated rings. The van der Waals surface area contributed by atoms with Gasteiger partial charge in [0.15, 0.2) is 5.69 Å². The molecule has 0 saturated heterocycles. The quantitative estimate of drug-likeness (QED) is 0.588. The topological polar surface area (TPSA) is 110 Å². The van der Waals surface area contributed by atoms with Crippen LogP contribution >= 0.6 is 0 Å². The predicted molar refractivity (Wildman–Crippen MR) is 94.2 cm³/mol. The Morgan fingerprint density at radius 2 is 1.54 bits per heavy atom. The molecule has 0 bridgehead atoms. The Hall–Kier alpha value is -3.81. The van der Waals surface area contributed by atoms with Crippen molar-refractivity contribution < 1.29 is 9.90 Å². The number of hydrogen-bond acceptors (Lipinski definition) is 5. The maximum atomic E-state index is 11.2. The number of aromatic amines is 1. The molecule has 2 N–H and O–H groups in total. The zero-order valence-corrected chi connectivity index (χ0v) is 13.8. The number of hydrogen-bond donors (Lipinski definition) is 2. The van der Waals surface area contributed by atoms with Crippen molar-refractivity contribution in [2.45, 2.75) is 0 Å². The SMILES string of the molecule is Cn1nncc1-c1ccc(-c2ccc(-c3nn[nH]c3C(=O)O)cc2)cc1. The van der Waals surface area contributed by atoms with Crippen LogP contribution in [0.5, 0.6) is 0 Å². The number of aromatic nitrogens is 6. The first-order valence-corrected chi connectivity index (χ1v) is 7.84. The Labute approximate surface area is 148 Å². The molecule has 4 rings (SSSR count). The first-order valence-electron chi connectivity index (χ1n) is 7.84. The molecule has 2 aromatic heterocycles. The summed E-state index contributed by atoms with van der Waals surface area (Å²) in [5, 5.41) is 26.8. The number of nitrogens with zero attached hydrogens (tertiary/aromatic N) is 5. The highest BCUT2D eigenvalue weighted by Gasteiger charge is 2.15. The summed E-state index contributed by atoms with van der Waals surface area (Å²) in [5.41, 5.74) is 5.04. The van der Waals surface area contributed by atoms with E-state index in [1.807, 2.05) is 55.6 Å². The Balaban J connectivity index is 1.62. The summed E-state index contributed by atoms with van der Waals surface area (Å²) in [6.07, 6.45) is 1.72. The van der Waals surface area contributed by atoms with Crippen molar-refractivity contribution in [1.82, 2.24) is 30.4 Å². The molecule has 0 unspecified atom stereocenters. The van der Waals surface area contributed by atoms with Crippen molar-refractivity contribution in [3.05, 3.63) is 60.4 Å².